The van der Waals surface area contributed by atoms with Gasteiger partial charge in [0.25, 0.3) is 5.91 Å². The average Bonchev–Trinajstić information content (AvgIpc) is 2.28. The van der Waals surface area contributed by atoms with Crippen LogP contribution in [0.1, 0.15) is 0 Å². The maximum Gasteiger partial charge on any atom is 0.262 e. The summed E-state index contributed by atoms with van der Waals surface area (Å²) >= 11 is 0. The molecule has 0 atom stereocenters. The first-order valence-corrected chi connectivity index (χ1v) is 5.49. The van der Waals surface area contributed by atoms with Gasteiger partial charge in [-0.05, 0) is 26.2 Å². The normalized spacial score (nSPS) is 13.9. The molecule has 0 aromatic heterocycles. The highest BCUT2D eigenvalue weighted by Gasteiger charge is 2.16. The van der Waals surface area contributed by atoms with E-state index >= 15 is 0 Å². The number of likely N-dealkylation sites (N-methyl/N-ethyl adjacent to an activating group) is 1. The molecule has 0 unspecified atom stereocenters. The highest BCUT2D eigenvalue weighted by molar-refractivity contribution is 5.95. The van der Waals surface area contributed by atoms with Crippen molar-refractivity contribution in [2.75, 3.05) is 39.2 Å². The smallest absolute Gasteiger partial charge is 0.262 e. The van der Waals surface area contributed by atoms with Crippen molar-refractivity contribution in [1.82, 2.24) is 4.90 Å². The summed E-state index contributed by atoms with van der Waals surface area (Å²) in [6.07, 6.45) is 0. The third kappa shape index (κ3) is 3.10. The molecule has 2 rings (SSSR count). The number of carbonyl (C=O) groups is 1. The molecule has 0 fully saturated rings. The Morgan fingerprint density at radius 3 is 3.06 bits per heavy atom. The van der Waals surface area contributed by atoms with Crippen LogP contribution in [0.5, 0.6) is 11.5 Å². The number of hydrogen-bond acceptors (Lipinski definition) is 4. The lowest BCUT2D eigenvalue weighted by atomic mass is 10.2. The number of amides is 1. The molecule has 0 spiro atoms. The minimum atomic E-state index is -0.136. The van der Waals surface area contributed by atoms with Gasteiger partial charge in [0.15, 0.2) is 6.61 Å². The second-order valence-corrected chi connectivity index (χ2v) is 4.15. The van der Waals surface area contributed by atoms with Crippen molar-refractivity contribution < 1.29 is 14.3 Å². The summed E-state index contributed by atoms with van der Waals surface area (Å²) in [5.74, 6) is 1.28. The van der Waals surface area contributed by atoms with Crippen LogP contribution in [0.4, 0.5) is 5.69 Å². The monoisotopic (exact) mass is 236 g/mol. The van der Waals surface area contributed by atoms with E-state index in [1.165, 1.54) is 0 Å². The molecule has 0 aliphatic carbocycles. The van der Waals surface area contributed by atoms with Crippen molar-refractivity contribution in [3.8, 4) is 11.5 Å². The number of rotatable bonds is 4. The second kappa shape index (κ2) is 5.05. The molecule has 17 heavy (non-hydrogen) atoms. The lowest BCUT2D eigenvalue weighted by molar-refractivity contribution is -0.118. The fourth-order valence-corrected chi connectivity index (χ4v) is 1.50. The van der Waals surface area contributed by atoms with Crippen LogP contribution >= 0.6 is 0 Å². The molecule has 0 bridgehead atoms. The average molecular weight is 236 g/mol. The minimum absolute atomic E-state index is 0.0772. The molecule has 1 N–H and O–H groups in total. The summed E-state index contributed by atoms with van der Waals surface area (Å²) in [5, 5.41) is 2.75. The standard InChI is InChI=1S/C12H16N2O3/c1-14(2)5-6-16-9-3-4-11-10(7-9)13-12(15)8-17-11/h3-4,7H,5-6,8H2,1-2H3,(H,13,15). The number of anilines is 1. The summed E-state index contributed by atoms with van der Waals surface area (Å²) in [6.45, 7) is 1.54. The highest BCUT2D eigenvalue weighted by Crippen LogP contribution is 2.31. The maximum absolute atomic E-state index is 11.2. The fourth-order valence-electron chi connectivity index (χ4n) is 1.50. The Kier molecular flexibility index (Phi) is 3.49. The van der Waals surface area contributed by atoms with Crippen LogP contribution in [-0.4, -0.2) is 44.7 Å². The number of nitrogens with one attached hydrogen (secondary N) is 1. The first-order valence-electron chi connectivity index (χ1n) is 5.49. The summed E-state index contributed by atoms with van der Waals surface area (Å²) < 4.78 is 10.8. The summed E-state index contributed by atoms with van der Waals surface area (Å²) in [6, 6.07) is 5.42. The van der Waals surface area contributed by atoms with E-state index in [1.54, 1.807) is 12.1 Å². The predicted octanol–water partition coefficient (Wildman–Crippen LogP) is 0.958. The third-order valence-corrected chi connectivity index (χ3v) is 2.39. The van der Waals surface area contributed by atoms with Crippen LogP contribution in [0.15, 0.2) is 18.2 Å². The zero-order valence-corrected chi connectivity index (χ0v) is 10.0. The van der Waals surface area contributed by atoms with Gasteiger partial charge in [0.05, 0.1) is 5.69 Å². The number of benzene rings is 1. The van der Waals surface area contributed by atoms with E-state index in [4.69, 9.17) is 9.47 Å². The molecule has 1 aliphatic rings. The van der Waals surface area contributed by atoms with E-state index in [2.05, 4.69) is 5.32 Å². The van der Waals surface area contributed by atoms with Gasteiger partial charge in [0.2, 0.25) is 0 Å². The fraction of sp³-hybridized carbons (Fsp3) is 0.417. The molecule has 1 aromatic rings. The summed E-state index contributed by atoms with van der Waals surface area (Å²) in [7, 11) is 3.98. The van der Waals surface area contributed by atoms with Crippen LogP contribution in [0.2, 0.25) is 0 Å². The Bertz CT molecular complexity index is 418. The van der Waals surface area contributed by atoms with Crippen molar-refractivity contribution >= 4 is 11.6 Å². The highest BCUT2D eigenvalue weighted by atomic mass is 16.5. The molecule has 0 radical (unpaired) electrons. The van der Waals surface area contributed by atoms with E-state index in [0.29, 0.717) is 18.0 Å². The van der Waals surface area contributed by atoms with Gasteiger partial charge in [0, 0.05) is 12.6 Å². The third-order valence-electron chi connectivity index (χ3n) is 2.39. The van der Waals surface area contributed by atoms with Gasteiger partial charge < -0.3 is 19.7 Å². The molecule has 1 heterocycles. The van der Waals surface area contributed by atoms with Gasteiger partial charge in [-0.3, -0.25) is 4.79 Å². The molecule has 5 heteroatoms. The van der Waals surface area contributed by atoms with Crippen molar-refractivity contribution in [3.63, 3.8) is 0 Å². The molecule has 92 valence electrons. The first kappa shape index (κ1) is 11.7. The van der Waals surface area contributed by atoms with Crippen molar-refractivity contribution in [3.05, 3.63) is 18.2 Å². The van der Waals surface area contributed by atoms with Gasteiger partial charge in [-0.2, -0.15) is 0 Å². The molecule has 1 amide bonds. The van der Waals surface area contributed by atoms with E-state index in [1.807, 2.05) is 25.1 Å². The number of carbonyl (C=O) groups excluding carboxylic acids is 1. The SMILES string of the molecule is CN(C)CCOc1ccc2c(c1)NC(=O)CO2. The van der Waals surface area contributed by atoms with Gasteiger partial charge in [-0.25, -0.2) is 0 Å². The minimum Gasteiger partial charge on any atom is -0.492 e. The van der Waals surface area contributed by atoms with Crippen molar-refractivity contribution in [2.45, 2.75) is 0 Å². The zero-order valence-electron chi connectivity index (χ0n) is 10.0. The van der Waals surface area contributed by atoms with Crippen LogP contribution in [0, 0.1) is 0 Å². The molecule has 1 aromatic carbocycles. The van der Waals surface area contributed by atoms with Crippen molar-refractivity contribution in [2.24, 2.45) is 0 Å². The Balaban J connectivity index is 2.00. The Labute approximate surface area is 100 Å². The topological polar surface area (TPSA) is 50.8 Å². The van der Waals surface area contributed by atoms with E-state index in [-0.39, 0.29) is 12.5 Å². The Morgan fingerprint density at radius 1 is 1.47 bits per heavy atom. The van der Waals surface area contributed by atoms with Crippen LogP contribution in [0.3, 0.4) is 0 Å². The molecule has 5 nitrogen and oxygen atoms in total. The second-order valence-electron chi connectivity index (χ2n) is 4.15. The predicted molar refractivity (Wildman–Crippen MR) is 64.6 cm³/mol. The number of ether oxygens (including phenoxy) is 2. The van der Waals surface area contributed by atoms with E-state index < -0.39 is 0 Å². The summed E-state index contributed by atoms with van der Waals surface area (Å²) in [4.78, 5) is 13.2. The molecule has 0 saturated heterocycles. The van der Waals surface area contributed by atoms with Gasteiger partial charge in [-0.15, -0.1) is 0 Å². The van der Waals surface area contributed by atoms with Crippen molar-refractivity contribution in [1.29, 1.82) is 0 Å². The first-order chi connectivity index (χ1) is 8.15. The lowest BCUT2D eigenvalue weighted by Crippen LogP contribution is -2.25. The van der Waals surface area contributed by atoms with E-state index in [9.17, 15) is 4.79 Å². The molecule has 0 saturated carbocycles. The van der Waals surface area contributed by atoms with Gasteiger partial charge >= 0.3 is 0 Å². The molecular formula is C12H16N2O3. The largest absolute Gasteiger partial charge is 0.492 e. The molecule has 1 aliphatic heterocycles. The quantitative estimate of drug-likeness (QED) is 0.846. The van der Waals surface area contributed by atoms with Crippen LogP contribution < -0.4 is 14.8 Å². The number of fused-ring (bicyclic) bond motifs is 1. The Hall–Kier alpha value is -1.75. The number of nitrogens with zero attached hydrogens (tertiary/aromatic N) is 1. The summed E-state index contributed by atoms with van der Waals surface area (Å²) in [5.41, 5.74) is 0.670. The Morgan fingerprint density at radius 2 is 2.29 bits per heavy atom. The number of hydrogen-bond donors (Lipinski definition) is 1. The van der Waals surface area contributed by atoms with Crippen LogP contribution in [0.25, 0.3) is 0 Å². The van der Waals surface area contributed by atoms with E-state index in [0.717, 1.165) is 12.3 Å². The van der Waals surface area contributed by atoms with Gasteiger partial charge in [0.1, 0.15) is 18.1 Å². The van der Waals surface area contributed by atoms with Gasteiger partial charge in [-0.1, -0.05) is 0 Å². The maximum atomic E-state index is 11.2. The van der Waals surface area contributed by atoms with Crippen LogP contribution in [-0.2, 0) is 4.79 Å². The lowest BCUT2D eigenvalue weighted by Gasteiger charge is -2.19. The molecular weight excluding hydrogens is 220 g/mol. The zero-order chi connectivity index (χ0) is 12.3.